The van der Waals surface area contributed by atoms with Crippen molar-refractivity contribution in [3.63, 3.8) is 0 Å². The fourth-order valence-corrected chi connectivity index (χ4v) is 9.95. The van der Waals surface area contributed by atoms with Crippen molar-refractivity contribution in [1.82, 2.24) is 4.57 Å². The third-order valence-electron chi connectivity index (χ3n) is 12.5. The molecular weight excluding hydrogens is 677 g/mol. The zero-order valence-corrected chi connectivity index (χ0v) is 32.0. The van der Waals surface area contributed by atoms with Crippen LogP contribution in [0.2, 0.25) is 0 Å². The van der Waals surface area contributed by atoms with Crippen LogP contribution in [0.1, 0.15) is 38.3 Å². The first-order chi connectivity index (χ1) is 27.5. The highest BCUT2D eigenvalue weighted by molar-refractivity contribution is 6.15. The molecule has 1 heterocycles. The SMILES string of the molecule is CC1C=CC2=C(C1)c1cccc(-c3ccc(N(c4ccc5c(c4)c4ccccc4n5-c4ccccc4)c4cc5ccccc5c5ccccc45)cc3)c1C2(C)C. The molecule has 0 saturated carbocycles. The average molecular weight is 719 g/mol. The molecule has 8 aromatic carbocycles. The van der Waals surface area contributed by atoms with Gasteiger partial charge in [-0.3, -0.25) is 0 Å². The Balaban J connectivity index is 1.12. The Morgan fingerprint density at radius 1 is 0.554 bits per heavy atom. The predicted octanol–water partition coefficient (Wildman–Crippen LogP) is 14.9. The Bertz CT molecular complexity index is 3080. The Hall–Kier alpha value is -6.64. The van der Waals surface area contributed by atoms with Crippen LogP contribution >= 0.6 is 0 Å². The molecule has 56 heavy (non-hydrogen) atoms. The van der Waals surface area contributed by atoms with Crippen molar-refractivity contribution in [3.05, 3.63) is 199 Å². The van der Waals surface area contributed by atoms with Crippen LogP contribution in [-0.4, -0.2) is 4.57 Å². The fourth-order valence-electron chi connectivity index (χ4n) is 9.95. The standard InChI is InChI=1S/C54H42N2/c1-35-24-30-49-47(32-35)46-22-13-21-42(53(46)54(49,2)3)36-25-27-39(28-26-36)55(52-33-37-14-7-8-17-41(37)43-18-9-10-19-44(43)52)40-29-31-51-48(34-40)45-20-11-12-23-50(45)56(51)38-15-5-4-6-16-38/h4-31,33-35H,32H2,1-3H3. The molecule has 2 aliphatic rings. The largest absolute Gasteiger partial charge is 0.310 e. The zero-order valence-electron chi connectivity index (χ0n) is 32.0. The van der Waals surface area contributed by atoms with Crippen LogP contribution in [0.15, 0.2) is 188 Å². The quantitative estimate of drug-likeness (QED) is 0.161. The molecule has 0 spiro atoms. The van der Waals surface area contributed by atoms with Crippen LogP contribution < -0.4 is 4.90 Å². The molecule has 0 aliphatic heterocycles. The molecule has 0 amide bonds. The summed E-state index contributed by atoms with van der Waals surface area (Å²) in [5.41, 5.74) is 15.4. The highest BCUT2D eigenvalue weighted by atomic mass is 15.1. The van der Waals surface area contributed by atoms with Gasteiger partial charge in [0.2, 0.25) is 0 Å². The number of allylic oxidation sites excluding steroid dienone is 4. The van der Waals surface area contributed by atoms with Crippen molar-refractivity contribution in [2.45, 2.75) is 32.6 Å². The van der Waals surface area contributed by atoms with Crippen molar-refractivity contribution in [3.8, 4) is 16.8 Å². The van der Waals surface area contributed by atoms with Gasteiger partial charge in [0, 0.05) is 38.6 Å². The minimum absolute atomic E-state index is 0.0546. The number of anilines is 3. The van der Waals surface area contributed by atoms with Gasteiger partial charge in [0.15, 0.2) is 0 Å². The Morgan fingerprint density at radius 2 is 1.21 bits per heavy atom. The number of aromatic nitrogens is 1. The van der Waals surface area contributed by atoms with Crippen LogP contribution in [0.25, 0.3) is 65.7 Å². The van der Waals surface area contributed by atoms with Gasteiger partial charge < -0.3 is 9.47 Å². The first kappa shape index (κ1) is 32.8. The van der Waals surface area contributed by atoms with Crippen molar-refractivity contribution in [2.75, 3.05) is 4.90 Å². The van der Waals surface area contributed by atoms with E-state index in [1.807, 2.05) is 0 Å². The van der Waals surface area contributed by atoms with Crippen molar-refractivity contribution in [1.29, 1.82) is 0 Å². The third kappa shape index (κ3) is 4.88. The third-order valence-corrected chi connectivity index (χ3v) is 12.5. The highest BCUT2D eigenvalue weighted by Crippen LogP contribution is 2.54. The van der Waals surface area contributed by atoms with Gasteiger partial charge in [-0.05, 0) is 116 Å². The van der Waals surface area contributed by atoms with E-state index < -0.39 is 0 Å². The van der Waals surface area contributed by atoms with E-state index in [1.54, 1.807) is 0 Å². The van der Waals surface area contributed by atoms with Gasteiger partial charge in [-0.15, -0.1) is 0 Å². The molecule has 0 N–H and O–H groups in total. The summed E-state index contributed by atoms with van der Waals surface area (Å²) < 4.78 is 2.39. The molecular formula is C54H42N2. The molecule has 1 unspecified atom stereocenters. The summed E-state index contributed by atoms with van der Waals surface area (Å²) >= 11 is 0. The van der Waals surface area contributed by atoms with Crippen molar-refractivity contribution in [2.24, 2.45) is 5.92 Å². The highest BCUT2D eigenvalue weighted by Gasteiger charge is 2.39. The number of para-hydroxylation sites is 2. The molecule has 2 aliphatic carbocycles. The summed E-state index contributed by atoms with van der Waals surface area (Å²) in [6, 6.07) is 62.8. The van der Waals surface area contributed by atoms with Crippen molar-refractivity contribution < 1.29 is 0 Å². The molecule has 2 heteroatoms. The number of rotatable bonds is 5. The van der Waals surface area contributed by atoms with E-state index in [2.05, 4.69) is 212 Å². The van der Waals surface area contributed by atoms with Crippen LogP contribution in [0, 0.1) is 5.92 Å². The van der Waals surface area contributed by atoms with E-state index >= 15 is 0 Å². The molecule has 0 radical (unpaired) electrons. The molecule has 1 atom stereocenters. The lowest BCUT2D eigenvalue weighted by Crippen LogP contribution is -2.18. The maximum absolute atomic E-state index is 2.47. The normalized spacial score (nSPS) is 15.9. The smallest absolute Gasteiger partial charge is 0.0546 e. The first-order valence-electron chi connectivity index (χ1n) is 19.9. The molecule has 0 saturated heterocycles. The van der Waals surface area contributed by atoms with Gasteiger partial charge in [0.05, 0.1) is 16.7 Å². The fraction of sp³-hybridized carbons (Fsp3) is 0.111. The zero-order chi connectivity index (χ0) is 37.5. The molecule has 11 rings (SSSR count). The summed E-state index contributed by atoms with van der Waals surface area (Å²) in [6.07, 6.45) is 5.90. The van der Waals surface area contributed by atoms with Gasteiger partial charge in [-0.1, -0.05) is 148 Å². The molecule has 1 aromatic heterocycles. The number of fused-ring (bicyclic) bond motifs is 8. The summed E-state index contributed by atoms with van der Waals surface area (Å²) in [4.78, 5) is 2.47. The maximum atomic E-state index is 2.47. The topological polar surface area (TPSA) is 8.17 Å². The second kappa shape index (κ2) is 12.4. The second-order valence-corrected chi connectivity index (χ2v) is 16.2. The average Bonchev–Trinajstić information content (AvgIpc) is 3.69. The van der Waals surface area contributed by atoms with E-state index in [0.717, 1.165) is 29.2 Å². The summed E-state index contributed by atoms with van der Waals surface area (Å²) in [5.74, 6) is 0.560. The maximum Gasteiger partial charge on any atom is 0.0546 e. The molecule has 2 nitrogen and oxygen atoms in total. The van der Waals surface area contributed by atoms with Crippen molar-refractivity contribution >= 4 is 66.0 Å². The summed E-state index contributed by atoms with van der Waals surface area (Å²) in [6.45, 7) is 7.14. The van der Waals surface area contributed by atoms with E-state index in [0.29, 0.717) is 5.92 Å². The van der Waals surface area contributed by atoms with Crippen LogP contribution in [-0.2, 0) is 5.41 Å². The Kier molecular flexibility index (Phi) is 7.28. The minimum Gasteiger partial charge on any atom is -0.310 e. The lowest BCUT2D eigenvalue weighted by Gasteiger charge is -2.29. The van der Waals surface area contributed by atoms with Crippen LogP contribution in [0.4, 0.5) is 17.1 Å². The predicted molar refractivity (Wildman–Crippen MR) is 239 cm³/mol. The monoisotopic (exact) mass is 718 g/mol. The number of benzene rings is 8. The number of hydrogen-bond acceptors (Lipinski definition) is 1. The van der Waals surface area contributed by atoms with Gasteiger partial charge in [-0.25, -0.2) is 0 Å². The molecule has 0 bridgehead atoms. The van der Waals surface area contributed by atoms with E-state index in [-0.39, 0.29) is 5.41 Å². The summed E-state index contributed by atoms with van der Waals surface area (Å²) in [7, 11) is 0. The molecule has 9 aromatic rings. The Labute approximate surface area is 328 Å². The lowest BCUT2D eigenvalue weighted by atomic mass is 9.76. The molecule has 268 valence electrons. The Morgan fingerprint density at radius 3 is 2.04 bits per heavy atom. The van der Waals surface area contributed by atoms with E-state index in [1.165, 1.54) is 76.8 Å². The number of nitrogens with zero attached hydrogens (tertiary/aromatic N) is 2. The van der Waals surface area contributed by atoms with Gasteiger partial charge in [0.1, 0.15) is 0 Å². The van der Waals surface area contributed by atoms with Gasteiger partial charge in [-0.2, -0.15) is 0 Å². The second-order valence-electron chi connectivity index (χ2n) is 16.2. The first-order valence-corrected chi connectivity index (χ1v) is 19.9. The minimum atomic E-state index is -0.0546. The molecule has 0 fully saturated rings. The van der Waals surface area contributed by atoms with Crippen LogP contribution in [0.5, 0.6) is 0 Å². The van der Waals surface area contributed by atoms with Gasteiger partial charge >= 0.3 is 0 Å². The number of hydrogen-bond donors (Lipinski definition) is 0. The summed E-state index contributed by atoms with van der Waals surface area (Å²) in [5, 5.41) is 7.45. The van der Waals surface area contributed by atoms with E-state index in [9.17, 15) is 0 Å². The van der Waals surface area contributed by atoms with Crippen LogP contribution in [0.3, 0.4) is 0 Å². The lowest BCUT2D eigenvalue weighted by molar-refractivity contribution is 0.644. The van der Waals surface area contributed by atoms with E-state index in [4.69, 9.17) is 0 Å². The van der Waals surface area contributed by atoms with Gasteiger partial charge in [0.25, 0.3) is 0 Å².